The number of nitrogens with two attached hydrogens (primary N) is 1. The highest BCUT2D eigenvalue weighted by Crippen LogP contribution is 2.22. The maximum absolute atomic E-state index is 5.86. The number of hydrogen-bond donors (Lipinski definition) is 1. The Hall–Kier alpha value is -1.16. The van der Waals surface area contributed by atoms with Crippen LogP contribution in [0.4, 0.5) is 5.82 Å². The van der Waals surface area contributed by atoms with Crippen LogP contribution in [0.25, 0.3) is 0 Å². The lowest BCUT2D eigenvalue weighted by Gasteiger charge is -2.45. The van der Waals surface area contributed by atoms with Crippen molar-refractivity contribution < 1.29 is 0 Å². The van der Waals surface area contributed by atoms with Gasteiger partial charge in [0, 0.05) is 24.8 Å². The van der Waals surface area contributed by atoms with Crippen molar-refractivity contribution in [1.82, 2.24) is 10.2 Å². The van der Waals surface area contributed by atoms with Gasteiger partial charge in [0.15, 0.2) is 5.82 Å². The van der Waals surface area contributed by atoms with Gasteiger partial charge in [-0.15, -0.1) is 5.10 Å². The summed E-state index contributed by atoms with van der Waals surface area (Å²) in [5.74, 6) is 0.917. The van der Waals surface area contributed by atoms with Gasteiger partial charge in [-0.1, -0.05) is 0 Å². The zero-order valence-corrected chi connectivity index (χ0v) is 7.07. The zero-order chi connectivity index (χ0) is 8.60. The van der Waals surface area contributed by atoms with E-state index in [1.165, 1.54) is 0 Å². The van der Waals surface area contributed by atoms with Crippen LogP contribution in [0, 0.1) is 0 Å². The van der Waals surface area contributed by atoms with Gasteiger partial charge in [0.1, 0.15) is 0 Å². The van der Waals surface area contributed by atoms with Crippen molar-refractivity contribution >= 4 is 5.82 Å². The molecule has 0 atom stereocenters. The first kappa shape index (κ1) is 7.49. The first-order valence-electron chi connectivity index (χ1n) is 3.99. The Morgan fingerprint density at radius 2 is 2.33 bits per heavy atom. The van der Waals surface area contributed by atoms with Gasteiger partial charge in [-0.3, -0.25) is 0 Å². The third-order valence-electron chi connectivity index (χ3n) is 1.99. The van der Waals surface area contributed by atoms with Crippen LogP contribution in [0.3, 0.4) is 0 Å². The number of hydrogen-bond acceptors (Lipinski definition) is 4. The lowest BCUT2D eigenvalue weighted by Crippen LogP contribution is -2.65. The van der Waals surface area contributed by atoms with E-state index in [9.17, 15) is 0 Å². The molecule has 1 aliphatic rings. The predicted molar refractivity (Wildman–Crippen MR) is 46.8 cm³/mol. The minimum Gasteiger partial charge on any atom is -0.351 e. The molecular weight excluding hydrogens is 152 g/mol. The SMILES string of the molecule is CC1(N)CN(c2cccnn2)C1. The maximum Gasteiger partial charge on any atom is 0.151 e. The van der Waals surface area contributed by atoms with Crippen molar-refractivity contribution in [3.05, 3.63) is 18.3 Å². The van der Waals surface area contributed by atoms with Crippen molar-refractivity contribution in [1.29, 1.82) is 0 Å². The van der Waals surface area contributed by atoms with Crippen LogP contribution < -0.4 is 10.6 Å². The summed E-state index contributed by atoms with van der Waals surface area (Å²) in [6, 6.07) is 3.83. The highest BCUT2D eigenvalue weighted by molar-refractivity contribution is 5.42. The number of anilines is 1. The quantitative estimate of drug-likeness (QED) is 0.635. The van der Waals surface area contributed by atoms with Crippen LogP contribution in [0.2, 0.25) is 0 Å². The molecule has 1 aliphatic heterocycles. The van der Waals surface area contributed by atoms with Crippen LogP contribution in [0.15, 0.2) is 18.3 Å². The Kier molecular flexibility index (Phi) is 1.51. The van der Waals surface area contributed by atoms with E-state index < -0.39 is 0 Å². The fraction of sp³-hybridized carbons (Fsp3) is 0.500. The van der Waals surface area contributed by atoms with E-state index >= 15 is 0 Å². The maximum atomic E-state index is 5.86. The van der Waals surface area contributed by atoms with Gasteiger partial charge in [-0.25, -0.2) is 0 Å². The number of rotatable bonds is 1. The van der Waals surface area contributed by atoms with E-state index in [0.717, 1.165) is 18.9 Å². The van der Waals surface area contributed by atoms with E-state index in [1.807, 2.05) is 19.1 Å². The van der Waals surface area contributed by atoms with Gasteiger partial charge in [0.25, 0.3) is 0 Å². The standard InChI is InChI=1S/C8H12N4/c1-8(9)5-12(6-8)7-3-2-4-10-11-7/h2-4H,5-6,9H2,1H3. The third-order valence-corrected chi connectivity index (χ3v) is 1.99. The molecule has 1 fully saturated rings. The molecule has 64 valence electrons. The van der Waals surface area contributed by atoms with E-state index in [0.29, 0.717) is 0 Å². The molecule has 0 amide bonds. The smallest absolute Gasteiger partial charge is 0.151 e. The highest BCUT2D eigenvalue weighted by Gasteiger charge is 2.35. The molecule has 0 aliphatic carbocycles. The van der Waals surface area contributed by atoms with Gasteiger partial charge >= 0.3 is 0 Å². The van der Waals surface area contributed by atoms with Crippen molar-refractivity contribution in [3.63, 3.8) is 0 Å². The molecule has 1 aromatic heterocycles. The molecule has 1 saturated heterocycles. The van der Waals surface area contributed by atoms with E-state index in [1.54, 1.807) is 6.20 Å². The van der Waals surface area contributed by atoms with Crippen molar-refractivity contribution in [2.24, 2.45) is 5.73 Å². The van der Waals surface area contributed by atoms with Gasteiger partial charge in [0.2, 0.25) is 0 Å². The fourth-order valence-corrected chi connectivity index (χ4v) is 1.45. The van der Waals surface area contributed by atoms with Gasteiger partial charge < -0.3 is 10.6 Å². The Morgan fingerprint density at radius 3 is 2.83 bits per heavy atom. The summed E-state index contributed by atoms with van der Waals surface area (Å²) in [6.07, 6.45) is 1.67. The predicted octanol–water partition coefficient (Wildman–Crippen LogP) is 0.0140. The van der Waals surface area contributed by atoms with E-state index in [4.69, 9.17) is 5.73 Å². The second-order valence-electron chi connectivity index (χ2n) is 3.59. The van der Waals surface area contributed by atoms with Crippen molar-refractivity contribution in [2.75, 3.05) is 18.0 Å². The van der Waals surface area contributed by atoms with Gasteiger partial charge in [-0.2, -0.15) is 5.10 Å². The molecule has 0 saturated carbocycles. The molecule has 4 heteroatoms. The van der Waals surface area contributed by atoms with Crippen LogP contribution >= 0.6 is 0 Å². The Bertz CT molecular complexity index is 262. The molecule has 0 aromatic carbocycles. The third kappa shape index (κ3) is 1.25. The highest BCUT2D eigenvalue weighted by atomic mass is 15.3. The molecule has 0 radical (unpaired) electrons. The Labute approximate surface area is 71.4 Å². The van der Waals surface area contributed by atoms with Crippen LogP contribution in [-0.4, -0.2) is 28.8 Å². The molecule has 12 heavy (non-hydrogen) atoms. The molecule has 1 aromatic rings. The van der Waals surface area contributed by atoms with E-state index in [2.05, 4.69) is 15.1 Å². The Morgan fingerprint density at radius 1 is 1.58 bits per heavy atom. The van der Waals surface area contributed by atoms with Crippen LogP contribution in [0.5, 0.6) is 0 Å². The summed E-state index contributed by atoms with van der Waals surface area (Å²) in [6.45, 7) is 3.78. The average Bonchev–Trinajstić information content (AvgIpc) is 2.02. The zero-order valence-electron chi connectivity index (χ0n) is 7.07. The minimum absolute atomic E-state index is 0.0441. The van der Waals surface area contributed by atoms with Crippen molar-refractivity contribution in [3.8, 4) is 0 Å². The van der Waals surface area contributed by atoms with Gasteiger partial charge in [-0.05, 0) is 19.1 Å². The largest absolute Gasteiger partial charge is 0.351 e. The lowest BCUT2D eigenvalue weighted by molar-refractivity contribution is 0.362. The molecule has 0 spiro atoms. The summed E-state index contributed by atoms with van der Waals surface area (Å²) in [4.78, 5) is 2.12. The minimum atomic E-state index is -0.0441. The lowest BCUT2D eigenvalue weighted by atomic mass is 9.94. The number of aromatic nitrogens is 2. The van der Waals surface area contributed by atoms with E-state index in [-0.39, 0.29) is 5.54 Å². The number of nitrogens with zero attached hydrogens (tertiary/aromatic N) is 3. The first-order chi connectivity index (χ1) is 5.67. The summed E-state index contributed by atoms with van der Waals surface area (Å²) in [7, 11) is 0. The second kappa shape index (κ2) is 2.42. The first-order valence-corrected chi connectivity index (χ1v) is 3.99. The molecule has 4 nitrogen and oxygen atoms in total. The molecule has 0 unspecified atom stereocenters. The average molecular weight is 164 g/mol. The monoisotopic (exact) mass is 164 g/mol. The molecular formula is C8H12N4. The summed E-state index contributed by atoms with van der Waals surface area (Å²) >= 11 is 0. The molecule has 2 rings (SSSR count). The normalized spacial score (nSPS) is 20.3. The molecule has 2 N–H and O–H groups in total. The summed E-state index contributed by atoms with van der Waals surface area (Å²) in [5.41, 5.74) is 5.82. The summed E-state index contributed by atoms with van der Waals surface area (Å²) in [5, 5.41) is 7.79. The van der Waals surface area contributed by atoms with Crippen LogP contribution in [0.1, 0.15) is 6.92 Å². The topological polar surface area (TPSA) is 55.0 Å². The second-order valence-corrected chi connectivity index (χ2v) is 3.59. The fourth-order valence-electron chi connectivity index (χ4n) is 1.45. The van der Waals surface area contributed by atoms with Gasteiger partial charge in [0.05, 0.1) is 0 Å². The molecule has 2 heterocycles. The van der Waals surface area contributed by atoms with Crippen LogP contribution in [-0.2, 0) is 0 Å². The Balaban J connectivity index is 2.06. The summed E-state index contributed by atoms with van der Waals surface area (Å²) < 4.78 is 0. The van der Waals surface area contributed by atoms with Crippen molar-refractivity contribution in [2.45, 2.75) is 12.5 Å². The molecule has 0 bridgehead atoms.